The highest BCUT2D eigenvalue weighted by atomic mass is 16.6. The summed E-state index contributed by atoms with van der Waals surface area (Å²) in [7, 11) is 1.47. The van der Waals surface area contributed by atoms with Crippen LogP contribution in [0.25, 0.3) is 0 Å². The highest BCUT2D eigenvalue weighted by molar-refractivity contribution is 6.16. The summed E-state index contributed by atoms with van der Waals surface area (Å²) in [5, 5.41) is 13.9. The van der Waals surface area contributed by atoms with Crippen LogP contribution in [0.1, 0.15) is 12.8 Å². The lowest BCUT2D eigenvalue weighted by Crippen LogP contribution is -2.56. The van der Waals surface area contributed by atoms with Gasteiger partial charge >= 0.3 is 6.03 Å². The summed E-state index contributed by atoms with van der Waals surface area (Å²) in [6.45, 7) is 1.30. The number of benzene rings is 1. The Balaban J connectivity index is 2.03. The number of hydrogen-bond donors (Lipinski definition) is 1. The van der Waals surface area contributed by atoms with Crippen molar-refractivity contribution >= 4 is 23.3 Å². The minimum Gasteiger partial charge on any atom is -0.317 e. The molecule has 2 heterocycles. The fraction of sp³-hybridized carbons (Fsp3) is 0.429. The lowest BCUT2D eigenvalue weighted by Gasteiger charge is -2.38. The summed E-state index contributed by atoms with van der Waals surface area (Å²) in [6, 6.07) is 5.35. The molecular weight excluding hydrogens is 288 g/mol. The van der Waals surface area contributed by atoms with E-state index in [9.17, 15) is 19.7 Å². The van der Waals surface area contributed by atoms with Crippen molar-refractivity contribution in [3.05, 3.63) is 34.4 Å². The van der Waals surface area contributed by atoms with Crippen LogP contribution in [-0.2, 0) is 4.79 Å². The maximum Gasteiger partial charge on any atom is 0.331 e. The average Bonchev–Trinajstić information content (AvgIpc) is 2.70. The van der Waals surface area contributed by atoms with Crippen LogP contribution in [0.2, 0.25) is 0 Å². The first-order chi connectivity index (χ1) is 10.5. The van der Waals surface area contributed by atoms with E-state index in [1.165, 1.54) is 36.2 Å². The molecule has 2 aliphatic heterocycles. The molecule has 0 saturated carbocycles. The Morgan fingerprint density at radius 3 is 2.32 bits per heavy atom. The van der Waals surface area contributed by atoms with Crippen LogP contribution in [0, 0.1) is 10.1 Å². The highest BCUT2D eigenvalue weighted by Gasteiger charge is 2.56. The van der Waals surface area contributed by atoms with E-state index in [-0.39, 0.29) is 17.6 Å². The number of urea groups is 1. The number of anilines is 1. The Bertz CT molecular complexity index is 637. The van der Waals surface area contributed by atoms with Gasteiger partial charge < -0.3 is 5.32 Å². The molecule has 1 spiro atoms. The Labute approximate surface area is 126 Å². The first-order valence-corrected chi connectivity index (χ1v) is 7.05. The molecule has 22 heavy (non-hydrogen) atoms. The van der Waals surface area contributed by atoms with Crippen LogP contribution < -0.4 is 10.2 Å². The van der Waals surface area contributed by atoms with Crippen molar-refractivity contribution in [2.75, 3.05) is 25.0 Å². The van der Waals surface area contributed by atoms with Crippen LogP contribution in [-0.4, -0.2) is 47.4 Å². The molecule has 0 aliphatic carbocycles. The molecule has 0 aromatic heterocycles. The second-order valence-corrected chi connectivity index (χ2v) is 5.54. The lowest BCUT2D eigenvalue weighted by molar-refractivity contribution is -0.384. The molecule has 2 fully saturated rings. The number of carbonyl (C=O) groups excluding carboxylic acids is 2. The smallest absolute Gasteiger partial charge is 0.317 e. The summed E-state index contributed by atoms with van der Waals surface area (Å²) in [5.74, 6) is -0.211. The monoisotopic (exact) mass is 304 g/mol. The molecule has 1 N–H and O–H groups in total. The van der Waals surface area contributed by atoms with Crippen LogP contribution in [0.3, 0.4) is 0 Å². The van der Waals surface area contributed by atoms with Crippen molar-refractivity contribution in [2.24, 2.45) is 0 Å². The van der Waals surface area contributed by atoms with Gasteiger partial charge in [-0.05, 0) is 38.1 Å². The summed E-state index contributed by atoms with van der Waals surface area (Å²) in [5.41, 5.74) is -0.419. The summed E-state index contributed by atoms with van der Waals surface area (Å²) in [6.07, 6.45) is 1.05. The normalized spacial score (nSPS) is 20.8. The molecule has 0 bridgehead atoms. The van der Waals surface area contributed by atoms with E-state index >= 15 is 0 Å². The molecule has 3 rings (SSSR count). The van der Waals surface area contributed by atoms with Crippen LogP contribution in [0.5, 0.6) is 0 Å². The summed E-state index contributed by atoms with van der Waals surface area (Å²) < 4.78 is 0. The van der Waals surface area contributed by atoms with E-state index in [1.54, 1.807) is 0 Å². The first kappa shape index (κ1) is 14.5. The zero-order valence-electron chi connectivity index (χ0n) is 12.1. The first-order valence-electron chi connectivity index (χ1n) is 7.05. The molecule has 0 atom stereocenters. The fourth-order valence-corrected chi connectivity index (χ4v) is 3.19. The van der Waals surface area contributed by atoms with Crippen LogP contribution in [0.15, 0.2) is 24.3 Å². The minimum absolute atomic E-state index is 0.0468. The number of piperidine rings is 1. The van der Waals surface area contributed by atoms with E-state index in [1.807, 2.05) is 0 Å². The van der Waals surface area contributed by atoms with E-state index < -0.39 is 10.5 Å². The molecule has 1 aromatic carbocycles. The van der Waals surface area contributed by atoms with Gasteiger partial charge in [0.05, 0.1) is 4.92 Å². The molecule has 0 unspecified atom stereocenters. The van der Waals surface area contributed by atoms with Gasteiger partial charge in [0.15, 0.2) is 0 Å². The van der Waals surface area contributed by atoms with Gasteiger partial charge in [0, 0.05) is 24.9 Å². The maximum atomic E-state index is 12.6. The number of nitro benzene ring substituents is 1. The number of nitrogens with one attached hydrogen (secondary N) is 1. The number of imide groups is 1. The molecule has 2 saturated heterocycles. The van der Waals surface area contributed by atoms with Crippen molar-refractivity contribution in [1.82, 2.24) is 10.2 Å². The number of nitrogens with zero attached hydrogens (tertiary/aromatic N) is 3. The molecule has 2 aliphatic rings. The molecule has 1 aromatic rings. The largest absolute Gasteiger partial charge is 0.331 e. The van der Waals surface area contributed by atoms with Gasteiger partial charge in [-0.25, -0.2) is 4.79 Å². The standard InChI is InChI=1S/C14H16N4O4/c1-16-12(19)14(6-8-15-9-7-14)17(13(16)20)10-2-4-11(5-3-10)18(21)22/h2-5,15H,6-9H2,1H3. The third-order valence-corrected chi connectivity index (χ3v) is 4.36. The van der Waals surface area contributed by atoms with Gasteiger partial charge in [0.1, 0.15) is 5.54 Å². The van der Waals surface area contributed by atoms with Crippen molar-refractivity contribution in [3.8, 4) is 0 Å². The predicted molar refractivity (Wildman–Crippen MR) is 78.6 cm³/mol. The second kappa shape index (κ2) is 5.06. The third kappa shape index (κ3) is 1.95. The van der Waals surface area contributed by atoms with Gasteiger partial charge in [-0.2, -0.15) is 0 Å². The number of carbonyl (C=O) groups is 2. The lowest BCUT2D eigenvalue weighted by atomic mass is 9.86. The Morgan fingerprint density at radius 2 is 1.77 bits per heavy atom. The number of rotatable bonds is 2. The van der Waals surface area contributed by atoms with Crippen molar-refractivity contribution < 1.29 is 14.5 Å². The zero-order chi connectivity index (χ0) is 15.9. The Morgan fingerprint density at radius 1 is 1.18 bits per heavy atom. The number of amides is 3. The van der Waals surface area contributed by atoms with E-state index in [0.717, 1.165) is 4.90 Å². The Kier molecular flexibility index (Phi) is 3.32. The third-order valence-electron chi connectivity index (χ3n) is 4.36. The van der Waals surface area contributed by atoms with Gasteiger partial charge in [-0.15, -0.1) is 0 Å². The molecule has 116 valence electrons. The molecule has 8 nitrogen and oxygen atoms in total. The summed E-state index contributed by atoms with van der Waals surface area (Å²) >= 11 is 0. The van der Waals surface area contributed by atoms with Crippen LogP contribution >= 0.6 is 0 Å². The average molecular weight is 304 g/mol. The predicted octanol–water partition coefficient (Wildman–Crippen LogP) is 1.12. The second-order valence-electron chi connectivity index (χ2n) is 5.54. The molecule has 0 radical (unpaired) electrons. The zero-order valence-corrected chi connectivity index (χ0v) is 12.1. The number of hydrogen-bond acceptors (Lipinski definition) is 5. The van der Waals surface area contributed by atoms with E-state index in [4.69, 9.17) is 0 Å². The van der Waals surface area contributed by atoms with Gasteiger partial charge in [-0.1, -0.05) is 0 Å². The quantitative estimate of drug-likeness (QED) is 0.502. The van der Waals surface area contributed by atoms with Gasteiger partial charge in [0.2, 0.25) is 0 Å². The molecular formula is C14H16N4O4. The van der Waals surface area contributed by atoms with E-state index in [0.29, 0.717) is 31.6 Å². The molecule has 3 amide bonds. The van der Waals surface area contributed by atoms with Gasteiger partial charge in [-0.3, -0.25) is 24.7 Å². The number of likely N-dealkylation sites (N-methyl/N-ethyl adjacent to an activating group) is 1. The summed E-state index contributed by atoms with van der Waals surface area (Å²) in [4.78, 5) is 37.9. The minimum atomic E-state index is -0.882. The number of non-ortho nitro benzene ring substituents is 1. The fourth-order valence-electron chi connectivity index (χ4n) is 3.19. The maximum absolute atomic E-state index is 12.6. The molecule has 8 heteroatoms. The topological polar surface area (TPSA) is 95.8 Å². The SMILES string of the molecule is CN1C(=O)N(c2ccc([N+](=O)[O-])cc2)C2(CCNCC2)C1=O. The van der Waals surface area contributed by atoms with Crippen molar-refractivity contribution in [3.63, 3.8) is 0 Å². The van der Waals surface area contributed by atoms with Crippen molar-refractivity contribution in [1.29, 1.82) is 0 Å². The van der Waals surface area contributed by atoms with Gasteiger partial charge in [0.25, 0.3) is 11.6 Å². The van der Waals surface area contributed by atoms with Crippen LogP contribution in [0.4, 0.5) is 16.2 Å². The number of nitro groups is 1. The van der Waals surface area contributed by atoms with Crippen molar-refractivity contribution in [2.45, 2.75) is 18.4 Å². The van der Waals surface area contributed by atoms with E-state index in [2.05, 4.69) is 5.32 Å². The highest BCUT2D eigenvalue weighted by Crippen LogP contribution is 2.39. The Hall–Kier alpha value is -2.48.